The van der Waals surface area contributed by atoms with E-state index in [0.29, 0.717) is 5.82 Å². The van der Waals surface area contributed by atoms with Crippen LogP contribution in [0.4, 0.5) is 5.82 Å². The lowest BCUT2D eigenvalue weighted by molar-refractivity contribution is 0.766. The first-order valence-electron chi connectivity index (χ1n) is 4.23. The Kier molecular flexibility index (Phi) is 2.84. The van der Waals surface area contributed by atoms with Crippen molar-refractivity contribution in [3.05, 3.63) is 24.8 Å². The number of nitrogens with zero attached hydrogens (tertiary/aromatic N) is 4. The van der Waals surface area contributed by atoms with Crippen molar-refractivity contribution in [2.45, 2.75) is 9.92 Å². The molecule has 0 aliphatic heterocycles. The first-order chi connectivity index (χ1) is 7.28. The first-order valence-corrected chi connectivity index (χ1v) is 5.05. The highest BCUT2D eigenvalue weighted by molar-refractivity contribution is 7.99. The van der Waals surface area contributed by atoms with Gasteiger partial charge in [0.1, 0.15) is 5.03 Å². The summed E-state index contributed by atoms with van der Waals surface area (Å²) < 4.78 is 1.74. The number of aryl methyl sites for hydroxylation is 1. The molecule has 0 atom stereocenters. The van der Waals surface area contributed by atoms with Crippen LogP contribution in [0.15, 0.2) is 34.7 Å². The Morgan fingerprint density at radius 3 is 2.93 bits per heavy atom. The monoisotopic (exact) mass is 222 g/mol. The molecule has 2 aromatic rings. The number of hydrazine groups is 1. The van der Waals surface area contributed by atoms with Crippen LogP contribution < -0.4 is 11.3 Å². The first kappa shape index (κ1) is 9.94. The van der Waals surface area contributed by atoms with Crippen molar-refractivity contribution in [3.8, 4) is 0 Å². The van der Waals surface area contributed by atoms with E-state index in [1.54, 1.807) is 23.3 Å². The topological polar surface area (TPSA) is 81.7 Å². The van der Waals surface area contributed by atoms with Crippen molar-refractivity contribution in [3.63, 3.8) is 0 Å². The highest BCUT2D eigenvalue weighted by Gasteiger charge is 2.02. The fourth-order valence-corrected chi connectivity index (χ4v) is 1.84. The third-order valence-corrected chi connectivity index (χ3v) is 2.52. The molecule has 0 spiro atoms. The number of hydrogen-bond donors (Lipinski definition) is 2. The Bertz CT molecular complexity index is 454. The predicted octanol–water partition coefficient (Wildman–Crippen LogP) is 0.647. The average Bonchev–Trinajstić information content (AvgIpc) is 2.64. The minimum atomic E-state index is 0.545. The number of nitrogens with two attached hydrogens (primary N) is 1. The molecule has 0 bridgehead atoms. The second kappa shape index (κ2) is 4.28. The van der Waals surface area contributed by atoms with E-state index in [9.17, 15) is 0 Å². The Morgan fingerprint density at radius 2 is 2.27 bits per heavy atom. The number of nitrogens with one attached hydrogen (secondary N) is 1. The molecule has 0 saturated heterocycles. The third-order valence-electron chi connectivity index (χ3n) is 1.66. The van der Waals surface area contributed by atoms with Gasteiger partial charge in [0.25, 0.3) is 0 Å². The maximum absolute atomic E-state index is 5.24. The van der Waals surface area contributed by atoms with Gasteiger partial charge >= 0.3 is 0 Å². The van der Waals surface area contributed by atoms with E-state index in [0.717, 1.165) is 9.92 Å². The van der Waals surface area contributed by atoms with Crippen LogP contribution >= 0.6 is 11.8 Å². The smallest absolute Gasteiger partial charge is 0.159 e. The molecule has 2 rings (SSSR count). The molecule has 0 aliphatic carbocycles. The second-order valence-corrected chi connectivity index (χ2v) is 3.93. The van der Waals surface area contributed by atoms with Crippen LogP contribution in [0.3, 0.4) is 0 Å². The maximum Gasteiger partial charge on any atom is 0.159 e. The van der Waals surface area contributed by atoms with E-state index in [1.807, 2.05) is 13.2 Å². The average molecular weight is 222 g/mol. The molecule has 78 valence electrons. The van der Waals surface area contributed by atoms with Crippen LogP contribution in [-0.2, 0) is 7.05 Å². The zero-order valence-electron chi connectivity index (χ0n) is 8.08. The standard InChI is InChI=1S/C8H10N6S/c1-14-5-6(2-11-14)15-8-4-10-3-7(12-8)13-9/h2-5H,9H2,1H3,(H,12,13). The van der Waals surface area contributed by atoms with Gasteiger partial charge in [0, 0.05) is 13.2 Å². The molecule has 7 heteroatoms. The van der Waals surface area contributed by atoms with Crippen LogP contribution in [0, 0.1) is 0 Å². The second-order valence-electron chi connectivity index (χ2n) is 2.84. The number of anilines is 1. The van der Waals surface area contributed by atoms with Gasteiger partial charge in [0.05, 0.1) is 23.5 Å². The Morgan fingerprint density at radius 1 is 1.40 bits per heavy atom. The SMILES string of the molecule is Cn1cc(Sc2cncc(NN)n2)cn1. The lowest BCUT2D eigenvalue weighted by Gasteiger charge is -2.00. The molecule has 0 aliphatic rings. The van der Waals surface area contributed by atoms with Crippen molar-refractivity contribution < 1.29 is 0 Å². The van der Waals surface area contributed by atoms with Gasteiger partial charge in [-0.15, -0.1) is 0 Å². The van der Waals surface area contributed by atoms with E-state index >= 15 is 0 Å². The predicted molar refractivity (Wildman–Crippen MR) is 57.2 cm³/mol. The zero-order valence-corrected chi connectivity index (χ0v) is 8.90. The van der Waals surface area contributed by atoms with E-state index in [-0.39, 0.29) is 0 Å². The normalized spacial score (nSPS) is 10.3. The van der Waals surface area contributed by atoms with E-state index < -0.39 is 0 Å². The van der Waals surface area contributed by atoms with Gasteiger partial charge in [-0.1, -0.05) is 11.8 Å². The van der Waals surface area contributed by atoms with Gasteiger partial charge in [-0.25, -0.2) is 10.8 Å². The van der Waals surface area contributed by atoms with E-state index in [2.05, 4.69) is 20.5 Å². The van der Waals surface area contributed by atoms with Gasteiger partial charge in [0.15, 0.2) is 5.82 Å². The summed E-state index contributed by atoms with van der Waals surface area (Å²) in [5, 5.41) is 4.84. The highest BCUT2D eigenvalue weighted by Crippen LogP contribution is 2.24. The summed E-state index contributed by atoms with van der Waals surface area (Å²) in [5.74, 6) is 5.78. The quantitative estimate of drug-likeness (QED) is 0.586. The highest BCUT2D eigenvalue weighted by atomic mass is 32.2. The molecule has 6 nitrogen and oxygen atoms in total. The zero-order chi connectivity index (χ0) is 10.7. The van der Waals surface area contributed by atoms with Crippen LogP contribution in [0.25, 0.3) is 0 Å². The van der Waals surface area contributed by atoms with Gasteiger partial charge in [-0.05, 0) is 0 Å². The Hall–Kier alpha value is -1.60. The summed E-state index contributed by atoms with van der Waals surface area (Å²) in [4.78, 5) is 9.24. The van der Waals surface area contributed by atoms with Crippen LogP contribution in [0.5, 0.6) is 0 Å². The number of aromatic nitrogens is 4. The minimum absolute atomic E-state index is 0.545. The van der Waals surface area contributed by atoms with E-state index in [4.69, 9.17) is 5.84 Å². The van der Waals surface area contributed by atoms with Crippen LogP contribution in [-0.4, -0.2) is 19.7 Å². The number of nitrogen functional groups attached to an aromatic ring is 1. The van der Waals surface area contributed by atoms with E-state index in [1.165, 1.54) is 11.8 Å². The summed E-state index contributed by atoms with van der Waals surface area (Å²) >= 11 is 1.49. The Balaban J connectivity index is 2.16. The van der Waals surface area contributed by atoms with Crippen molar-refractivity contribution in [2.24, 2.45) is 12.9 Å². The molecule has 2 aromatic heterocycles. The summed E-state index contributed by atoms with van der Waals surface area (Å²) in [6, 6.07) is 0. The van der Waals surface area contributed by atoms with Crippen LogP contribution in [0.2, 0.25) is 0 Å². The van der Waals surface area contributed by atoms with Crippen molar-refractivity contribution in [1.29, 1.82) is 0 Å². The lowest BCUT2D eigenvalue weighted by Crippen LogP contribution is -2.08. The molecule has 15 heavy (non-hydrogen) atoms. The molecule has 2 heterocycles. The van der Waals surface area contributed by atoms with Crippen LogP contribution in [0.1, 0.15) is 0 Å². The molecule has 3 N–H and O–H groups in total. The van der Waals surface area contributed by atoms with Crippen molar-refractivity contribution in [2.75, 3.05) is 5.43 Å². The van der Waals surface area contributed by atoms with Crippen molar-refractivity contribution >= 4 is 17.6 Å². The van der Waals surface area contributed by atoms with Crippen molar-refractivity contribution in [1.82, 2.24) is 19.7 Å². The Labute approximate surface area is 90.9 Å². The van der Waals surface area contributed by atoms with Gasteiger partial charge in [0.2, 0.25) is 0 Å². The molecule has 0 radical (unpaired) electrons. The minimum Gasteiger partial charge on any atom is -0.307 e. The molecule has 0 unspecified atom stereocenters. The fraction of sp³-hybridized carbons (Fsp3) is 0.125. The summed E-state index contributed by atoms with van der Waals surface area (Å²) in [7, 11) is 1.87. The largest absolute Gasteiger partial charge is 0.307 e. The molecule has 0 fully saturated rings. The fourth-order valence-electron chi connectivity index (χ4n) is 1.04. The molecule has 0 saturated carbocycles. The van der Waals surface area contributed by atoms with Gasteiger partial charge < -0.3 is 5.43 Å². The number of hydrogen-bond acceptors (Lipinski definition) is 6. The lowest BCUT2D eigenvalue weighted by atomic mass is 10.7. The number of rotatable bonds is 3. The molecule has 0 aromatic carbocycles. The van der Waals surface area contributed by atoms with Gasteiger partial charge in [-0.2, -0.15) is 5.10 Å². The molecular formula is C8H10N6S. The maximum atomic E-state index is 5.24. The summed E-state index contributed by atoms with van der Waals surface area (Å²) in [5.41, 5.74) is 2.45. The third kappa shape index (κ3) is 2.45. The summed E-state index contributed by atoms with van der Waals surface area (Å²) in [6.45, 7) is 0. The summed E-state index contributed by atoms with van der Waals surface area (Å²) in [6.07, 6.45) is 6.93. The molecule has 0 amide bonds. The van der Waals surface area contributed by atoms with Gasteiger partial charge in [-0.3, -0.25) is 9.67 Å². The molecular weight excluding hydrogens is 212 g/mol.